The van der Waals surface area contributed by atoms with Crippen molar-refractivity contribution >= 4 is 0 Å². The minimum absolute atomic E-state index is 0.543. The molecule has 1 atom stereocenters. The predicted molar refractivity (Wildman–Crippen MR) is 65.4 cm³/mol. The molecular formula is C14H18F3N. The first-order chi connectivity index (χ1) is 8.55. The summed E-state index contributed by atoms with van der Waals surface area (Å²) in [5, 5.41) is 3.40. The van der Waals surface area contributed by atoms with E-state index in [2.05, 4.69) is 5.32 Å². The Balaban J connectivity index is 1.85. The molecule has 100 valence electrons. The standard InChI is InChI=1S/C14H18F3N/c15-14(16,17)12-6-1-4-11(10-12)5-2-7-13-8-3-9-18-13/h1,4,6,10,13,18H,2-3,5,7-9H2. The Kier molecular flexibility index (Phi) is 4.27. The van der Waals surface area contributed by atoms with Gasteiger partial charge in [-0.1, -0.05) is 18.2 Å². The molecule has 2 rings (SSSR count). The molecule has 1 aromatic rings. The van der Waals surface area contributed by atoms with E-state index >= 15 is 0 Å². The highest BCUT2D eigenvalue weighted by molar-refractivity contribution is 5.25. The molecule has 0 amide bonds. The summed E-state index contributed by atoms with van der Waals surface area (Å²) in [5.41, 5.74) is 0.238. The fraction of sp³-hybridized carbons (Fsp3) is 0.571. The largest absolute Gasteiger partial charge is 0.416 e. The number of alkyl halides is 3. The lowest BCUT2D eigenvalue weighted by molar-refractivity contribution is -0.137. The topological polar surface area (TPSA) is 12.0 Å². The van der Waals surface area contributed by atoms with Gasteiger partial charge in [0.05, 0.1) is 5.56 Å². The molecule has 0 radical (unpaired) electrons. The van der Waals surface area contributed by atoms with Gasteiger partial charge in [0.25, 0.3) is 0 Å². The minimum Gasteiger partial charge on any atom is -0.314 e. The third-order valence-corrected chi connectivity index (χ3v) is 3.43. The number of aryl methyl sites for hydroxylation is 1. The van der Waals surface area contributed by atoms with E-state index in [1.807, 2.05) is 0 Å². The van der Waals surface area contributed by atoms with Crippen molar-refractivity contribution in [3.8, 4) is 0 Å². The molecule has 1 fully saturated rings. The number of hydrogen-bond acceptors (Lipinski definition) is 1. The maximum Gasteiger partial charge on any atom is 0.416 e. The Bertz CT molecular complexity index is 381. The third kappa shape index (κ3) is 3.73. The fourth-order valence-electron chi connectivity index (χ4n) is 2.46. The lowest BCUT2D eigenvalue weighted by Crippen LogP contribution is -2.21. The second kappa shape index (κ2) is 5.74. The van der Waals surface area contributed by atoms with Gasteiger partial charge >= 0.3 is 6.18 Å². The molecule has 1 heterocycles. The molecule has 0 aliphatic carbocycles. The van der Waals surface area contributed by atoms with E-state index in [1.54, 1.807) is 6.07 Å². The van der Waals surface area contributed by atoms with Crippen LogP contribution in [0.25, 0.3) is 0 Å². The predicted octanol–water partition coefficient (Wildman–Crippen LogP) is 3.78. The highest BCUT2D eigenvalue weighted by Crippen LogP contribution is 2.29. The third-order valence-electron chi connectivity index (χ3n) is 3.43. The van der Waals surface area contributed by atoms with Crippen molar-refractivity contribution in [1.29, 1.82) is 0 Å². The molecule has 1 saturated heterocycles. The van der Waals surface area contributed by atoms with Crippen molar-refractivity contribution in [3.63, 3.8) is 0 Å². The van der Waals surface area contributed by atoms with Gasteiger partial charge in [0, 0.05) is 6.04 Å². The number of hydrogen-bond donors (Lipinski definition) is 1. The van der Waals surface area contributed by atoms with Gasteiger partial charge in [0.15, 0.2) is 0 Å². The maximum absolute atomic E-state index is 12.5. The first-order valence-corrected chi connectivity index (χ1v) is 6.45. The molecule has 1 nitrogen and oxygen atoms in total. The minimum atomic E-state index is -4.23. The van der Waals surface area contributed by atoms with Crippen LogP contribution in [0.15, 0.2) is 24.3 Å². The Labute approximate surface area is 105 Å². The summed E-state index contributed by atoms with van der Waals surface area (Å²) < 4.78 is 37.6. The van der Waals surface area contributed by atoms with Gasteiger partial charge in [-0.05, 0) is 50.3 Å². The summed E-state index contributed by atoms with van der Waals surface area (Å²) in [6.45, 7) is 1.08. The number of halogens is 3. The van der Waals surface area contributed by atoms with Gasteiger partial charge in [-0.25, -0.2) is 0 Å². The molecule has 0 bridgehead atoms. The van der Waals surface area contributed by atoms with E-state index in [9.17, 15) is 13.2 Å². The molecule has 0 aromatic heterocycles. The van der Waals surface area contributed by atoms with Crippen LogP contribution < -0.4 is 5.32 Å². The monoisotopic (exact) mass is 257 g/mol. The second-order valence-electron chi connectivity index (χ2n) is 4.88. The van der Waals surface area contributed by atoms with Crippen LogP contribution in [-0.2, 0) is 12.6 Å². The lowest BCUT2D eigenvalue weighted by atomic mass is 10.0. The van der Waals surface area contributed by atoms with E-state index in [0.29, 0.717) is 6.04 Å². The van der Waals surface area contributed by atoms with Crippen LogP contribution in [0, 0.1) is 0 Å². The Morgan fingerprint density at radius 3 is 2.78 bits per heavy atom. The van der Waals surface area contributed by atoms with Crippen molar-refractivity contribution in [2.75, 3.05) is 6.54 Å². The van der Waals surface area contributed by atoms with Crippen LogP contribution in [0.2, 0.25) is 0 Å². The van der Waals surface area contributed by atoms with E-state index in [0.717, 1.165) is 37.4 Å². The van der Waals surface area contributed by atoms with Crippen LogP contribution in [0.5, 0.6) is 0 Å². The molecule has 18 heavy (non-hydrogen) atoms. The van der Waals surface area contributed by atoms with E-state index in [-0.39, 0.29) is 0 Å². The average Bonchev–Trinajstić information content (AvgIpc) is 2.81. The van der Waals surface area contributed by atoms with Crippen LogP contribution in [0.1, 0.15) is 36.8 Å². The quantitative estimate of drug-likeness (QED) is 0.865. The van der Waals surface area contributed by atoms with E-state index < -0.39 is 11.7 Å². The average molecular weight is 257 g/mol. The van der Waals surface area contributed by atoms with Crippen LogP contribution in [0.4, 0.5) is 13.2 Å². The molecule has 4 heteroatoms. The van der Waals surface area contributed by atoms with Gasteiger partial charge in [-0.2, -0.15) is 13.2 Å². The Hall–Kier alpha value is -1.03. The zero-order valence-electron chi connectivity index (χ0n) is 10.3. The summed E-state index contributed by atoms with van der Waals surface area (Å²) >= 11 is 0. The molecule has 0 saturated carbocycles. The zero-order valence-corrected chi connectivity index (χ0v) is 10.3. The Morgan fingerprint density at radius 1 is 1.28 bits per heavy atom. The SMILES string of the molecule is FC(F)(F)c1cccc(CCCC2CCCN2)c1. The Morgan fingerprint density at radius 2 is 2.11 bits per heavy atom. The highest BCUT2D eigenvalue weighted by Gasteiger charge is 2.30. The lowest BCUT2D eigenvalue weighted by Gasteiger charge is -2.11. The zero-order chi connectivity index (χ0) is 13.0. The fourth-order valence-corrected chi connectivity index (χ4v) is 2.46. The summed E-state index contributed by atoms with van der Waals surface area (Å²) in [6.07, 6.45) is 0.900. The van der Waals surface area contributed by atoms with Crippen molar-refractivity contribution < 1.29 is 13.2 Å². The number of benzene rings is 1. The number of nitrogens with one attached hydrogen (secondary N) is 1. The van der Waals surface area contributed by atoms with Crippen LogP contribution in [0.3, 0.4) is 0 Å². The summed E-state index contributed by atoms with van der Waals surface area (Å²) in [4.78, 5) is 0. The molecule has 0 spiro atoms. The smallest absolute Gasteiger partial charge is 0.314 e. The van der Waals surface area contributed by atoms with E-state index in [1.165, 1.54) is 25.0 Å². The van der Waals surface area contributed by atoms with Gasteiger partial charge in [0.2, 0.25) is 0 Å². The summed E-state index contributed by atoms with van der Waals surface area (Å²) in [5.74, 6) is 0. The first kappa shape index (κ1) is 13.4. The van der Waals surface area contributed by atoms with Crippen molar-refractivity contribution in [3.05, 3.63) is 35.4 Å². The molecule has 1 aliphatic rings. The first-order valence-electron chi connectivity index (χ1n) is 6.45. The normalized spacial score (nSPS) is 20.3. The van der Waals surface area contributed by atoms with Crippen molar-refractivity contribution in [1.82, 2.24) is 5.32 Å². The van der Waals surface area contributed by atoms with Crippen molar-refractivity contribution in [2.45, 2.75) is 44.3 Å². The maximum atomic E-state index is 12.5. The van der Waals surface area contributed by atoms with Crippen LogP contribution >= 0.6 is 0 Å². The molecule has 1 aliphatic heterocycles. The highest BCUT2D eigenvalue weighted by atomic mass is 19.4. The molecule has 1 aromatic carbocycles. The molecule has 1 unspecified atom stereocenters. The van der Waals surface area contributed by atoms with Gasteiger partial charge in [-0.15, -0.1) is 0 Å². The van der Waals surface area contributed by atoms with Gasteiger partial charge in [-0.3, -0.25) is 0 Å². The van der Waals surface area contributed by atoms with E-state index in [4.69, 9.17) is 0 Å². The second-order valence-corrected chi connectivity index (χ2v) is 4.88. The van der Waals surface area contributed by atoms with Gasteiger partial charge in [0.1, 0.15) is 0 Å². The molecule has 1 N–H and O–H groups in total. The summed E-state index contributed by atoms with van der Waals surface area (Å²) in [7, 11) is 0. The van der Waals surface area contributed by atoms with Gasteiger partial charge < -0.3 is 5.32 Å². The summed E-state index contributed by atoms with van der Waals surface area (Å²) in [6, 6.07) is 6.23. The van der Waals surface area contributed by atoms with Crippen LogP contribution in [-0.4, -0.2) is 12.6 Å². The number of rotatable bonds is 4. The molecular weight excluding hydrogens is 239 g/mol. The van der Waals surface area contributed by atoms with Crippen molar-refractivity contribution in [2.24, 2.45) is 0 Å².